The fraction of sp³-hybridized carbons (Fsp3) is 0.188. The summed E-state index contributed by atoms with van der Waals surface area (Å²) in [6.07, 6.45) is 0.0870. The summed E-state index contributed by atoms with van der Waals surface area (Å²) in [7, 11) is 0. The number of rotatable bonds is 3. The molecule has 4 heteroatoms. The van der Waals surface area contributed by atoms with Crippen molar-refractivity contribution in [3.63, 3.8) is 0 Å². The van der Waals surface area contributed by atoms with Crippen molar-refractivity contribution in [3.05, 3.63) is 64.4 Å². The van der Waals surface area contributed by atoms with Crippen LogP contribution >= 0.6 is 11.6 Å². The van der Waals surface area contributed by atoms with Crippen LogP contribution in [0.1, 0.15) is 17.0 Å². The molecule has 0 bridgehead atoms. The molecule has 2 aromatic carbocycles. The van der Waals surface area contributed by atoms with E-state index in [-0.39, 0.29) is 18.1 Å². The summed E-state index contributed by atoms with van der Waals surface area (Å²) in [5.74, 6) is -0.616. The molecule has 0 fully saturated rings. The fourth-order valence-corrected chi connectivity index (χ4v) is 2.71. The number of carbonyl (C=O) groups excluding carboxylic acids is 1. The van der Waals surface area contributed by atoms with Crippen LogP contribution in [0, 0.1) is 5.82 Å². The third kappa shape index (κ3) is 2.41. The van der Waals surface area contributed by atoms with Crippen LogP contribution in [0.2, 0.25) is 5.02 Å². The molecule has 102 valence electrons. The number of nitrogens with one attached hydrogen (secondary N) is 1. The molecule has 1 aliphatic rings. The molecule has 2 nitrogen and oxygen atoms in total. The molecule has 0 aliphatic carbocycles. The topological polar surface area (TPSA) is 29.1 Å². The van der Waals surface area contributed by atoms with Crippen LogP contribution in [0.3, 0.4) is 0 Å². The molecule has 3 rings (SSSR count). The van der Waals surface area contributed by atoms with E-state index in [1.807, 2.05) is 24.3 Å². The molecule has 0 amide bonds. The van der Waals surface area contributed by atoms with Crippen molar-refractivity contribution in [2.75, 3.05) is 11.9 Å². The Bertz CT molecular complexity index is 671. The third-order valence-corrected chi connectivity index (χ3v) is 3.84. The van der Waals surface area contributed by atoms with Gasteiger partial charge in [0, 0.05) is 23.7 Å². The van der Waals surface area contributed by atoms with E-state index in [2.05, 4.69) is 5.32 Å². The lowest BCUT2D eigenvalue weighted by Crippen LogP contribution is -2.17. The first kappa shape index (κ1) is 13.1. The SMILES string of the molecule is O=C(Cc1ccc(Cl)cc1F)C1CNc2ccccc21. The summed E-state index contributed by atoms with van der Waals surface area (Å²) in [4.78, 5) is 12.4. The van der Waals surface area contributed by atoms with E-state index in [0.717, 1.165) is 11.3 Å². The summed E-state index contributed by atoms with van der Waals surface area (Å²) in [5, 5.41) is 3.54. The molecule has 1 aliphatic heterocycles. The molecule has 1 heterocycles. The summed E-state index contributed by atoms with van der Waals surface area (Å²) in [6.45, 7) is 0.577. The maximum Gasteiger partial charge on any atom is 0.146 e. The quantitative estimate of drug-likeness (QED) is 0.931. The van der Waals surface area contributed by atoms with Crippen molar-refractivity contribution in [1.29, 1.82) is 0 Å². The van der Waals surface area contributed by atoms with Gasteiger partial charge >= 0.3 is 0 Å². The number of hydrogen-bond acceptors (Lipinski definition) is 2. The van der Waals surface area contributed by atoms with Crippen LogP contribution in [-0.2, 0) is 11.2 Å². The lowest BCUT2D eigenvalue weighted by Gasteiger charge is -2.10. The Morgan fingerprint density at radius 1 is 1.30 bits per heavy atom. The van der Waals surface area contributed by atoms with Crippen LogP contribution in [-0.4, -0.2) is 12.3 Å². The van der Waals surface area contributed by atoms with Crippen LogP contribution in [0.4, 0.5) is 10.1 Å². The lowest BCUT2D eigenvalue weighted by atomic mass is 9.92. The largest absolute Gasteiger partial charge is 0.384 e. The number of fused-ring (bicyclic) bond motifs is 1. The molecule has 2 aromatic rings. The maximum absolute atomic E-state index is 13.7. The summed E-state index contributed by atoms with van der Waals surface area (Å²) < 4.78 is 13.7. The van der Waals surface area contributed by atoms with Gasteiger partial charge in [-0.1, -0.05) is 35.9 Å². The Morgan fingerprint density at radius 2 is 2.10 bits per heavy atom. The van der Waals surface area contributed by atoms with E-state index in [9.17, 15) is 9.18 Å². The van der Waals surface area contributed by atoms with Crippen molar-refractivity contribution < 1.29 is 9.18 Å². The number of hydrogen-bond donors (Lipinski definition) is 1. The highest BCUT2D eigenvalue weighted by Gasteiger charge is 2.28. The van der Waals surface area contributed by atoms with Crippen LogP contribution in [0.25, 0.3) is 0 Å². The predicted octanol–water partition coefficient (Wildman–Crippen LogP) is 3.80. The van der Waals surface area contributed by atoms with E-state index in [1.54, 1.807) is 12.1 Å². The minimum absolute atomic E-state index is 0.0173. The first-order valence-electron chi connectivity index (χ1n) is 6.44. The van der Waals surface area contributed by atoms with Gasteiger partial charge in [-0.3, -0.25) is 4.79 Å². The summed E-state index contributed by atoms with van der Waals surface area (Å²) in [5.41, 5.74) is 2.37. The Labute approximate surface area is 121 Å². The highest BCUT2D eigenvalue weighted by molar-refractivity contribution is 6.30. The zero-order valence-corrected chi connectivity index (χ0v) is 11.5. The zero-order valence-electron chi connectivity index (χ0n) is 10.7. The Balaban J connectivity index is 1.81. The average molecular weight is 290 g/mol. The second kappa shape index (κ2) is 5.25. The fourth-order valence-electron chi connectivity index (χ4n) is 2.55. The number of halogens is 2. The van der Waals surface area contributed by atoms with Crippen molar-refractivity contribution in [1.82, 2.24) is 0 Å². The normalized spacial score (nSPS) is 16.6. The van der Waals surface area contributed by atoms with Gasteiger partial charge in [0.25, 0.3) is 0 Å². The van der Waals surface area contributed by atoms with Gasteiger partial charge in [-0.2, -0.15) is 0 Å². The monoisotopic (exact) mass is 289 g/mol. The predicted molar refractivity (Wildman–Crippen MR) is 77.8 cm³/mol. The molecule has 1 unspecified atom stereocenters. The smallest absolute Gasteiger partial charge is 0.146 e. The Hall–Kier alpha value is -1.87. The van der Waals surface area contributed by atoms with E-state index < -0.39 is 5.82 Å². The number of ketones is 1. The van der Waals surface area contributed by atoms with Crippen molar-refractivity contribution in [2.24, 2.45) is 0 Å². The second-order valence-electron chi connectivity index (χ2n) is 4.90. The highest BCUT2D eigenvalue weighted by Crippen LogP contribution is 2.32. The minimum Gasteiger partial charge on any atom is -0.384 e. The third-order valence-electron chi connectivity index (χ3n) is 3.60. The van der Waals surface area contributed by atoms with Crippen molar-refractivity contribution in [2.45, 2.75) is 12.3 Å². The number of Topliss-reactive ketones (excluding diaryl/α,β-unsaturated/α-hetero) is 1. The Morgan fingerprint density at radius 3 is 2.90 bits per heavy atom. The number of benzene rings is 2. The number of anilines is 1. The number of para-hydroxylation sites is 1. The number of carbonyl (C=O) groups is 1. The summed E-state index contributed by atoms with van der Waals surface area (Å²) in [6, 6.07) is 12.1. The van der Waals surface area contributed by atoms with E-state index in [4.69, 9.17) is 11.6 Å². The molecule has 0 saturated carbocycles. The first-order chi connectivity index (χ1) is 9.65. The van der Waals surface area contributed by atoms with Gasteiger partial charge in [-0.25, -0.2) is 4.39 Å². The molecule has 0 radical (unpaired) electrons. The molecular formula is C16H13ClFNO. The van der Waals surface area contributed by atoms with E-state index >= 15 is 0 Å². The van der Waals surface area contributed by atoms with Gasteiger partial charge in [-0.15, -0.1) is 0 Å². The average Bonchev–Trinajstić information content (AvgIpc) is 2.86. The van der Waals surface area contributed by atoms with Crippen molar-refractivity contribution >= 4 is 23.1 Å². The first-order valence-corrected chi connectivity index (χ1v) is 6.82. The molecular weight excluding hydrogens is 277 g/mol. The second-order valence-corrected chi connectivity index (χ2v) is 5.34. The van der Waals surface area contributed by atoms with Gasteiger partial charge in [0.2, 0.25) is 0 Å². The molecule has 0 spiro atoms. The molecule has 20 heavy (non-hydrogen) atoms. The summed E-state index contributed by atoms with van der Waals surface area (Å²) >= 11 is 5.71. The van der Waals surface area contributed by atoms with Gasteiger partial charge in [0.05, 0.1) is 5.92 Å². The Kier molecular flexibility index (Phi) is 3.45. The van der Waals surface area contributed by atoms with Gasteiger partial charge < -0.3 is 5.32 Å². The van der Waals surface area contributed by atoms with Crippen LogP contribution in [0.5, 0.6) is 0 Å². The molecule has 1 atom stereocenters. The molecule has 0 saturated heterocycles. The van der Waals surface area contributed by atoms with Gasteiger partial charge in [0.15, 0.2) is 0 Å². The van der Waals surface area contributed by atoms with E-state index in [0.29, 0.717) is 17.1 Å². The van der Waals surface area contributed by atoms with Crippen LogP contribution in [0.15, 0.2) is 42.5 Å². The van der Waals surface area contributed by atoms with Crippen molar-refractivity contribution in [3.8, 4) is 0 Å². The standard InChI is InChI=1S/C16H13ClFNO/c17-11-6-5-10(14(18)8-11)7-16(20)13-9-19-15-4-2-1-3-12(13)15/h1-6,8,13,19H,7,9H2. The zero-order chi connectivity index (χ0) is 14.1. The van der Waals surface area contributed by atoms with Crippen LogP contribution < -0.4 is 5.32 Å². The molecule has 0 aromatic heterocycles. The van der Waals surface area contributed by atoms with Gasteiger partial charge in [-0.05, 0) is 29.3 Å². The highest BCUT2D eigenvalue weighted by atomic mass is 35.5. The van der Waals surface area contributed by atoms with E-state index in [1.165, 1.54) is 6.07 Å². The van der Waals surface area contributed by atoms with Gasteiger partial charge in [0.1, 0.15) is 11.6 Å². The maximum atomic E-state index is 13.7. The molecule has 1 N–H and O–H groups in total. The lowest BCUT2D eigenvalue weighted by molar-refractivity contribution is -0.119. The minimum atomic E-state index is -0.426.